The van der Waals surface area contributed by atoms with Crippen molar-refractivity contribution in [1.82, 2.24) is 5.32 Å². The summed E-state index contributed by atoms with van der Waals surface area (Å²) < 4.78 is 6.22. The van der Waals surface area contributed by atoms with Crippen LogP contribution in [0.4, 0.5) is 0 Å². The van der Waals surface area contributed by atoms with Crippen LogP contribution in [0.1, 0.15) is 16.7 Å². The molecule has 134 valence electrons. The first-order valence-corrected chi connectivity index (χ1v) is 9.29. The van der Waals surface area contributed by atoms with E-state index < -0.39 is 5.60 Å². The van der Waals surface area contributed by atoms with Crippen LogP contribution in [0.5, 0.6) is 5.75 Å². The van der Waals surface area contributed by atoms with Crippen LogP contribution in [0.25, 0.3) is 0 Å². The maximum atomic E-state index is 11.6. The molecule has 0 saturated heterocycles. The number of methoxy groups -OCH3 is 1. The lowest BCUT2D eigenvalue weighted by atomic mass is 9.86. The Morgan fingerprint density at radius 1 is 0.885 bits per heavy atom. The smallest absolute Gasteiger partial charge is 0.127 e. The van der Waals surface area contributed by atoms with E-state index in [1.54, 1.807) is 7.11 Å². The van der Waals surface area contributed by atoms with Gasteiger partial charge in [0.2, 0.25) is 0 Å². The molecule has 0 fully saturated rings. The fourth-order valence-electron chi connectivity index (χ4n) is 2.95. The Kier molecular flexibility index (Phi) is 6.09. The number of aliphatic hydroxyl groups is 1. The number of nitrogens with one attached hydrogen (secondary N) is 1. The van der Waals surface area contributed by atoms with E-state index in [4.69, 9.17) is 4.74 Å². The van der Waals surface area contributed by atoms with Crippen molar-refractivity contribution in [2.75, 3.05) is 13.7 Å². The Balaban J connectivity index is 1.86. The van der Waals surface area contributed by atoms with Crippen molar-refractivity contribution in [3.05, 3.63) is 100 Å². The summed E-state index contributed by atoms with van der Waals surface area (Å²) in [7, 11) is 1.64. The first-order valence-electron chi connectivity index (χ1n) is 8.49. The van der Waals surface area contributed by atoms with Crippen molar-refractivity contribution in [2.45, 2.75) is 12.1 Å². The summed E-state index contributed by atoms with van der Waals surface area (Å²) in [6, 6.07) is 25.5. The molecule has 0 radical (unpaired) electrons. The number of hydrogen-bond acceptors (Lipinski definition) is 3. The van der Waals surface area contributed by atoms with Gasteiger partial charge in [-0.15, -0.1) is 0 Å². The third-order valence-corrected chi connectivity index (χ3v) is 4.97. The van der Waals surface area contributed by atoms with E-state index in [0.29, 0.717) is 13.1 Å². The zero-order valence-corrected chi connectivity index (χ0v) is 16.2. The molecule has 1 unspecified atom stereocenters. The van der Waals surface area contributed by atoms with Gasteiger partial charge in [0, 0.05) is 17.6 Å². The number of hydrogen-bond donors (Lipinski definition) is 2. The van der Waals surface area contributed by atoms with Gasteiger partial charge in [0.05, 0.1) is 7.11 Å². The van der Waals surface area contributed by atoms with Crippen LogP contribution in [-0.4, -0.2) is 18.8 Å². The Hall–Kier alpha value is -2.14. The lowest BCUT2D eigenvalue weighted by Crippen LogP contribution is -2.39. The van der Waals surface area contributed by atoms with Gasteiger partial charge in [-0.05, 0) is 41.0 Å². The van der Waals surface area contributed by atoms with Gasteiger partial charge in [-0.1, -0.05) is 70.5 Å². The van der Waals surface area contributed by atoms with Gasteiger partial charge in [0.1, 0.15) is 11.4 Å². The first kappa shape index (κ1) is 18.6. The van der Waals surface area contributed by atoms with Crippen molar-refractivity contribution >= 4 is 15.9 Å². The average molecular weight is 412 g/mol. The first-order chi connectivity index (χ1) is 12.6. The molecule has 3 nitrogen and oxygen atoms in total. The summed E-state index contributed by atoms with van der Waals surface area (Å²) in [5.41, 5.74) is 1.70. The zero-order valence-electron chi connectivity index (χ0n) is 14.7. The summed E-state index contributed by atoms with van der Waals surface area (Å²) in [4.78, 5) is 0. The molecule has 0 spiro atoms. The molecule has 0 aliphatic heterocycles. The van der Waals surface area contributed by atoms with E-state index in [9.17, 15) is 5.11 Å². The van der Waals surface area contributed by atoms with Gasteiger partial charge in [-0.25, -0.2) is 0 Å². The molecule has 3 rings (SSSR count). The SMILES string of the molecule is COc1ccc(C(O)(CNCc2ccccc2)c2ccc(Br)cc2)cc1. The highest BCUT2D eigenvalue weighted by Gasteiger charge is 2.31. The third kappa shape index (κ3) is 4.33. The van der Waals surface area contributed by atoms with Gasteiger partial charge in [-0.2, -0.15) is 0 Å². The van der Waals surface area contributed by atoms with E-state index in [1.165, 1.54) is 5.56 Å². The number of halogens is 1. The fraction of sp³-hybridized carbons (Fsp3) is 0.182. The number of benzene rings is 3. The molecule has 0 aliphatic carbocycles. The molecule has 0 amide bonds. The van der Waals surface area contributed by atoms with Crippen LogP contribution in [0.3, 0.4) is 0 Å². The van der Waals surface area contributed by atoms with E-state index in [2.05, 4.69) is 33.4 Å². The second-order valence-electron chi connectivity index (χ2n) is 6.18. The van der Waals surface area contributed by atoms with Crippen LogP contribution < -0.4 is 10.1 Å². The van der Waals surface area contributed by atoms with Crippen LogP contribution in [0, 0.1) is 0 Å². The summed E-state index contributed by atoms with van der Waals surface area (Å²) in [6.45, 7) is 1.09. The minimum absolute atomic E-state index is 0.399. The van der Waals surface area contributed by atoms with Gasteiger partial charge < -0.3 is 15.2 Å². The number of ether oxygens (including phenoxy) is 1. The molecule has 0 bridgehead atoms. The minimum atomic E-state index is -1.14. The lowest BCUT2D eigenvalue weighted by Gasteiger charge is -2.30. The summed E-state index contributed by atoms with van der Waals surface area (Å²) in [5, 5.41) is 15.0. The Morgan fingerprint density at radius 3 is 2.04 bits per heavy atom. The van der Waals surface area contributed by atoms with Crippen molar-refractivity contribution in [3.63, 3.8) is 0 Å². The molecule has 1 atom stereocenters. The van der Waals surface area contributed by atoms with E-state index >= 15 is 0 Å². The molecular weight excluding hydrogens is 390 g/mol. The highest BCUT2D eigenvalue weighted by Crippen LogP contribution is 2.31. The highest BCUT2D eigenvalue weighted by molar-refractivity contribution is 9.10. The largest absolute Gasteiger partial charge is 0.497 e. The van der Waals surface area contributed by atoms with Crippen LogP contribution in [-0.2, 0) is 12.1 Å². The van der Waals surface area contributed by atoms with Gasteiger partial charge in [0.15, 0.2) is 0 Å². The lowest BCUT2D eigenvalue weighted by molar-refractivity contribution is 0.0795. The second-order valence-corrected chi connectivity index (χ2v) is 7.10. The minimum Gasteiger partial charge on any atom is -0.497 e. The standard InChI is InChI=1S/C22H22BrNO2/c1-26-21-13-9-19(10-14-21)22(25,18-7-11-20(23)12-8-18)16-24-15-17-5-3-2-4-6-17/h2-14,24-25H,15-16H2,1H3. The number of rotatable bonds is 7. The predicted molar refractivity (Wildman–Crippen MR) is 108 cm³/mol. The molecule has 3 aromatic rings. The third-order valence-electron chi connectivity index (χ3n) is 4.44. The Labute approximate surface area is 162 Å². The van der Waals surface area contributed by atoms with E-state index in [0.717, 1.165) is 21.3 Å². The molecule has 0 saturated carbocycles. The van der Waals surface area contributed by atoms with Gasteiger partial charge in [0.25, 0.3) is 0 Å². The Bertz CT molecular complexity index is 819. The molecule has 0 aliphatic rings. The topological polar surface area (TPSA) is 41.5 Å². The molecule has 0 aromatic heterocycles. The van der Waals surface area contributed by atoms with Crippen LogP contribution in [0.15, 0.2) is 83.3 Å². The predicted octanol–water partition coefficient (Wildman–Crippen LogP) is 4.48. The zero-order chi connectivity index (χ0) is 18.4. The normalized spacial score (nSPS) is 13.2. The second kappa shape index (κ2) is 8.49. The van der Waals surface area contributed by atoms with E-state index in [1.807, 2.05) is 66.7 Å². The maximum absolute atomic E-state index is 11.6. The quantitative estimate of drug-likeness (QED) is 0.601. The fourth-order valence-corrected chi connectivity index (χ4v) is 3.21. The summed E-state index contributed by atoms with van der Waals surface area (Å²) >= 11 is 3.46. The van der Waals surface area contributed by atoms with Gasteiger partial charge >= 0.3 is 0 Å². The van der Waals surface area contributed by atoms with Gasteiger partial charge in [-0.3, -0.25) is 0 Å². The Morgan fingerprint density at radius 2 is 1.46 bits per heavy atom. The molecule has 3 aromatic carbocycles. The monoisotopic (exact) mass is 411 g/mol. The molecular formula is C22H22BrNO2. The molecule has 26 heavy (non-hydrogen) atoms. The van der Waals surface area contributed by atoms with Crippen molar-refractivity contribution in [1.29, 1.82) is 0 Å². The molecule has 4 heteroatoms. The maximum Gasteiger partial charge on any atom is 0.127 e. The average Bonchev–Trinajstić information content (AvgIpc) is 2.69. The molecule has 2 N–H and O–H groups in total. The van der Waals surface area contributed by atoms with Crippen LogP contribution in [0.2, 0.25) is 0 Å². The van der Waals surface area contributed by atoms with Crippen molar-refractivity contribution < 1.29 is 9.84 Å². The summed E-state index contributed by atoms with van der Waals surface area (Å²) in [6.07, 6.45) is 0. The van der Waals surface area contributed by atoms with E-state index in [-0.39, 0.29) is 0 Å². The van der Waals surface area contributed by atoms with Crippen molar-refractivity contribution in [2.24, 2.45) is 0 Å². The van der Waals surface area contributed by atoms with Crippen molar-refractivity contribution in [3.8, 4) is 5.75 Å². The molecule has 0 heterocycles. The summed E-state index contributed by atoms with van der Waals surface area (Å²) in [5.74, 6) is 0.768. The highest BCUT2D eigenvalue weighted by atomic mass is 79.9. The van der Waals surface area contributed by atoms with Crippen LogP contribution >= 0.6 is 15.9 Å².